The molecule has 4 aromatic rings. The van der Waals surface area contributed by atoms with E-state index in [1.165, 1.54) is 4.57 Å². The fourth-order valence-corrected chi connectivity index (χ4v) is 4.41. The van der Waals surface area contributed by atoms with Crippen LogP contribution in [0.5, 0.6) is 0 Å². The van der Waals surface area contributed by atoms with Crippen LogP contribution in [0.2, 0.25) is 0 Å². The number of fused-ring (bicyclic) bond motifs is 2. The van der Waals surface area contributed by atoms with Crippen molar-refractivity contribution >= 4 is 27.6 Å². The van der Waals surface area contributed by atoms with Crippen molar-refractivity contribution in [3.8, 4) is 5.82 Å². The molecule has 6 nitrogen and oxygen atoms in total. The van der Waals surface area contributed by atoms with E-state index in [-0.39, 0.29) is 11.5 Å². The van der Waals surface area contributed by atoms with Crippen LogP contribution < -0.4 is 5.56 Å². The van der Waals surface area contributed by atoms with Crippen LogP contribution in [0.25, 0.3) is 27.6 Å². The highest BCUT2D eigenvalue weighted by molar-refractivity contribution is 6.07. The highest BCUT2D eigenvalue weighted by Crippen LogP contribution is 2.27. The summed E-state index contributed by atoms with van der Waals surface area (Å²) in [6.07, 6.45) is 4.81. The molecule has 31 heavy (non-hydrogen) atoms. The van der Waals surface area contributed by atoms with Gasteiger partial charge in [-0.05, 0) is 69.4 Å². The lowest BCUT2D eigenvalue weighted by Gasteiger charge is -2.27. The quantitative estimate of drug-likeness (QED) is 0.477. The molecule has 1 amide bonds. The Kier molecular flexibility index (Phi) is 4.65. The number of hydrogen-bond acceptors (Lipinski definition) is 4. The summed E-state index contributed by atoms with van der Waals surface area (Å²) in [5.41, 5.74) is 4.05. The van der Waals surface area contributed by atoms with Crippen molar-refractivity contribution in [2.45, 2.75) is 40.0 Å². The summed E-state index contributed by atoms with van der Waals surface area (Å²) in [5.74, 6) is 0.377. The molecule has 0 N–H and O–H groups in total. The zero-order valence-corrected chi connectivity index (χ0v) is 18.1. The molecule has 0 radical (unpaired) electrons. The molecule has 0 unspecified atom stereocenters. The third-order valence-electron chi connectivity index (χ3n) is 6.34. The third-order valence-corrected chi connectivity index (χ3v) is 6.34. The number of amides is 1. The zero-order valence-electron chi connectivity index (χ0n) is 18.1. The van der Waals surface area contributed by atoms with Gasteiger partial charge in [-0.1, -0.05) is 22.9 Å². The Balaban J connectivity index is 1.80. The van der Waals surface area contributed by atoms with Crippen molar-refractivity contribution in [1.29, 1.82) is 0 Å². The minimum Gasteiger partial charge on any atom is -0.354 e. The Bertz CT molecular complexity index is 1390. The van der Waals surface area contributed by atoms with Gasteiger partial charge in [0.2, 0.25) is 0 Å². The number of pyridine rings is 1. The van der Waals surface area contributed by atoms with Crippen molar-refractivity contribution in [3.05, 3.63) is 69.1 Å². The predicted molar refractivity (Wildman–Crippen MR) is 121 cm³/mol. The molecule has 6 heteroatoms. The van der Waals surface area contributed by atoms with Gasteiger partial charge in [-0.3, -0.25) is 14.2 Å². The van der Waals surface area contributed by atoms with Crippen LogP contribution >= 0.6 is 0 Å². The van der Waals surface area contributed by atoms with E-state index in [0.29, 0.717) is 27.7 Å². The molecule has 1 aliphatic heterocycles. The fraction of sp³-hybridized carbons (Fsp3) is 0.320. The second kappa shape index (κ2) is 7.38. The maximum atomic E-state index is 13.5. The predicted octanol–water partition coefficient (Wildman–Crippen LogP) is 4.68. The van der Waals surface area contributed by atoms with Gasteiger partial charge in [0.05, 0.1) is 10.9 Å². The summed E-state index contributed by atoms with van der Waals surface area (Å²) in [6, 6.07) is 9.57. The van der Waals surface area contributed by atoms with E-state index in [1.807, 2.05) is 56.0 Å². The first-order chi connectivity index (χ1) is 14.9. The molecule has 0 aliphatic carbocycles. The minimum atomic E-state index is -0.204. The molecule has 1 saturated heterocycles. The SMILES string of the molecule is Cc1ccc2onc(-n3cc(C(=O)N4CCCCC4)c4cc(C)c(C)cc4c3=O)c2c1. The van der Waals surface area contributed by atoms with Crippen LogP contribution in [0.1, 0.15) is 46.3 Å². The van der Waals surface area contributed by atoms with E-state index in [1.54, 1.807) is 6.20 Å². The second-order valence-corrected chi connectivity index (χ2v) is 8.56. The fourth-order valence-electron chi connectivity index (χ4n) is 4.41. The van der Waals surface area contributed by atoms with Gasteiger partial charge >= 0.3 is 0 Å². The Labute approximate surface area is 180 Å². The zero-order chi connectivity index (χ0) is 21.7. The highest BCUT2D eigenvalue weighted by Gasteiger charge is 2.24. The van der Waals surface area contributed by atoms with Crippen LogP contribution in [-0.2, 0) is 0 Å². The molecule has 1 aliphatic rings. The van der Waals surface area contributed by atoms with Crippen LogP contribution in [0.3, 0.4) is 0 Å². The lowest BCUT2D eigenvalue weighted by molar-refractivity contribution is 0.0725. The van der Waals surface area contributed by atoms with Crippen LogP contribution in [-0.4, -0.2) is 33.6 Å². The number of hydrogen-bond donors (Lipinski definition) is 0. The molecule has 158 valence electrons. The third kappa shape index (κ3) is 3.23. The first kappa shape index (κ1) is 19.5. The molecule has 0 spiro atoms. The Morgan fingerprint density at radius 2 is 1.65 bits per heavy atom. The van der Waals surface area contributed by atoms with Gasteiger partial charge in [0.25, 0.3) is 11.5 Å². The van der Waals surface area contributed by atoms with Crippen LogP contribution in [0, 0.1) is 20.8 Å². The summed E-state index contributed by atoms with van der Waals surface area (Å²) < 4.78 is 6.95. The van der Waals surface area contributed by atoms with Crippen molar-refractivity contribution in [2.24, 2.45) is 0 Å². The number of rotatable bonds is 2. The molecule has 0 atom stereocenters. The average molecular weight is 415 g/mol. The van der Waals surface area contributed by atoms with Crippen LogP contribution in [0.4, 0.5) is 0 Å². The molecule has 3 heterocycles. The average Bonchev–Trinajstić information content (AvgIpc) is 3.18. The topological polar surface area (TPSA) is 68.3 Å². The van der Waals surface area contributed by atoms with E-state index in [0.717, 1.165) is 54.4 Å². The van der Waals surface area contributed by atoms with E-state index >= 15 is 0 Å². The van der Waals surface area contributed by atoms with Crippen molar-refractivity contribution in [1.82, 2.24) is 14.6 Å². The van der Waals surface area contributed by atoms with Gasteiger partial charge in [-0.25, -0.2) is 0 Å². The summed E-state index contributed by atoms with van der Waals surface area (Å²) in [4.78, 5) is 29.0. The number of carbonyl (C=O) groups is 1. The van der Waals surface area contributed by atoms with Gasteiger partial charge in [0.15, 0.2) is 11.4 Å². The van der Waals surface area contributed by atoms with E-state index in [2.05, 4.69) is 5.16 Å². The van der Waals surface area contributed by atoms with Gasteiger partial charge in [0, 0.05) is 30.1 Å². The number of piperidine rings is 1. The smallest absolute Gasteiger partial charge is 0.264 e. The maximum absolute atomic E-state index is 13.5. The molecule has 2 aromatic heterocycles. The standard InChI is InChI=1S/C25H25N3O3/c1-15-7-8-22-20(11-15)23(26-31-22)28-14-21(24(29)27-9-5-4-6-10-27)18-12-16(2)17(3)13-19(18)25(28)30/h7-8,11-14H,4-6,9-10H2,1-3H3. The first-order valence-corrected chi connectivity index (χ1v) is 10.8. The largest absolute Gasteiger partial charge is 0.354 e. The Morgan fingerprint density at radius 1 is 0.935 bits per heavy atom. The van der Waals surface area contributed by atoms with E-state index in [4.69, 9.17) is 4.52 Å². The van der Waals surface area contributed by atoms with Crippen molar-refractivity contribution < 1.29 is 9.32 Å². The molecular formula is C25H25N3O3. The summed E-state index contributed by atoms with van der Waals surface area (Å²) in [5, 5.41) is 6.16. The van der Waals surface area contributed by atoms with E-state index in [9.17, 15) is 9.59 Å². The monoisotopic (exact) mass is 415 g/mol. The number of nitrogens with zero attached hydrogens (tertiary/aromatic N) is 3. The van der Waals surface area contributed by atoms with Crippen LogP contribution in [0.15, 0.2) is 45.8 Å². The summed E-state index contributed by atoms with van der Waals surface area (Å²) >= 11 is 0. The first-order valence-electron chi connectivity index (χ1n) is 10.8. The molecular weight excluding hydrogens is 390 g/mol. The molecule has 1 fully saturated rings. The number of aromatic nitrogens is 2. The Hall–Kier alpha value is -3.41. The molecule has 5 rings (SSSR count). The van der Waals surface area contributed by atoms with Gasteiger partial charge in [-0.2, -0.15) is 0 Å². The molecule has 0 bridgehead atoms. The maximum Gasteiger partial charge on any atom is 0.264 e. The number of likely N-dealkylation sites (tertiary alicyclic amines) is 1. The molecule has 0 saturated carbocycles. The molecule has 2 aromatic carbocycles. The normalized spacial score (nSPS) is 14.5. The lowest BCUT2D eigenvalue weighted by Crippen LogP contribution is -2.36. The van der Waals surface area contributed by atoms with Crippen molar-refractivity contribution in [2.75, 3.05) is 13.1 Å². The number of carbonyl (C=O) groups excluding carboxylic acids is 1. The van der Waals surface area contributed by atoms with Gasteiger partial charge in [0.1, 0.15) is 0 Å². The summed E-state index contributed by atoms with van der Waals surface area (Å²) in [7, 11) is 0. The van der Waals surface area contributed by atoms with Gasteiger partial charge in [-0.15, -0.1) is 0 Å². The van der Waals surface area contributed by atoms with Crippen molar-refractivity contribution in [3.63, 3.8) is 0 Å². The van der Waals surface area contributed by atoms with E-state index < -0.39 is 0 Å². The number of aryl methyl sites for hydroxylation is 3. The van der Waals surface area contributed by atoms with Gasteiger partial charge < -0.3 is 9.42 Å². The second-order valence-electron chi connectivity index (χ2n) is 8.56. The summed E-state index contributed by atoms with van der Waals surface area (Å²) in [6.45, 7) is 7.46. The number of benzene rings is 2. The minimum absolute atomic E-state index is 0.0364. The Morgan fingerprint density at radius 3 is 2.39 bits per heavy atom. The lowest BCUT2D eigenvalue weighted by atomic mass is 9.99. The highest BCUT2D eigenvalue weighted by atomic mass is 16.5.